The topological polar surface area (TPSA) is 127 Å². The van der Waals surface area contributed by atoms with Gasteiger partial charge in [-0.25, -0.2) is 4.79 Å². The van der Waals surface area contributed by atoms with Crippen molar-refractivity contribution >= 4 is 31.2 Å². The number of allylic oxidation sites excluding steroid dienone is 3. The lowest BCUT2D eigenvalue weighted by atomic mass is 9.39. The second-order valence-corrected chi connectivity index (χ2v) is 16.7. The molecule has 0 radical (unpaired) electrons. The Hall–Kier alpha value is -0.550. The fourth-order valence-electron chi connectivity index (χ4n) is 10.3. The van der Waals surface area contributed by atoms with E-state index in [9.17, 15) is 30.3 Å². The van der Waals surface area contributed by atoms with Crippen LogP contribution in [-0.2, 0) is 9.53 Å². The normalized spacial score (nSPS) is 52.5. The maximum Gasteiger partial charge on any atom is 0.330 e. The molecule has 5 aliphatic rings. The van der Waals surface area contributed by atoms with Crippen LogP contribution in [0.2, 0.25) is 0 Å². The van der Waals surface area contributed by atoms with E-state index in [-0.39, 0.29) is 24.4 Å². The Morgan fingerprint density at radius 3 is 2.32 bits per heavy atom. The third-order valence-corrected chi connectivity index (χ3v) is 14.7. The van der Waals surface area contributed by atoms with Crippen molar-refractivity contribution in [2.24, 2.45) is 39.4 Å². The third-order valence-electron chi connectivity index (χ3n) is 12.9. The summed E-state index contributed by atoms with van der Waals surface area (Å²) >= 11 is 11.0. The summed E-state index contributed by atoms with van der Waals surface area (Å²) in [4.78, 5) is 12.2. The molecule has 5 N–H and O–H groups in total. The lowest BCUT2D eigenvalue weighted by molar-refractivity contribution is -0.240. The van der Waals surface area contributed by atoms with Gasteiger partial charge >= 0.3 is 5.97 Å². The van der Waals surface area contributed by atoms with E-state index in [1.54, 1.807) is 13.0 Å². The maximum atomic E-state index is 12.2. The smallest absolute Gasteiger partial charge is 0.330 e. The van der Waals surface area contributed by atoms with Crippen LogP contribution in [0.5, 0.6) is 0 Å². The van der Waals surface area contributed by atoms with Gasteiger partial charge < -0.3 is 30.3 Å². The van der Waals surface area contributed by atoms with E-state index >= 15 is 0 Å². The average molecular weight is 611 g/mol. The third kappa shape index (κ3) is 4.15. The summed E-state index contributed by atoms with van der Waals surface area (Å²) in [6.07, 6.45) is 5.60. The highest BCUT2D eigenvalue weighted by molar-refractivity contribution is 7.83. The number of thiol groups is 2. The Morgan fingerprint density at radius 2 is 1.68 bits per heavy atom. The lowest BCUT2D eigenvalue weighted by Gasteiger charge is -2.71. The molecule has 0 aromatic heterocycles. The first kappa shape index (κ1) is 31.9. The summed E-state index contributed by atoms with van der Waals surface area (Å²) in [6, 6.07) is 0. The molecule has 9 heteroatoms. The van der Waals surface area contributed by atoms with Crippen LogP contribution in [0.3, 0.4) is 0 Å². The summed E-state index contributed by atoms with van der Waals surface area (Å²) < 4.78 is 4.62. The monoisotopic (exact) mass is 610 g/mol. The van der Waals surface area contributed by atoms with Crippen molar-refractivity contribution in [2.45, 2.75) is 113 Å². The van der Waals surface area contributed by atoms with Crippen LogP contribution in [0, 0.1) is 39.4 Å². The summed E-state index contributed by atoms with van der Waals surface area (Å²) in [5.41, 5.74) is -1.92. The van der Waals surface area contributed by atoms with Crippen molar-refractivity contribution in [3.8, 4) is 0 Å². The fourth-order valence-corrected chi connectivity index (χ4v) is 12.0. The van der Waals surface area contributed by atoms with Crippen LogP contribution < -0.4 is 0 Å². The molecule has 12 atom stereocenters. The first-order valence-corrected chi connectivity index (χ1v) is 16.2. The first-order chi connectivity index (χ1) is 19.0. The van der Waals surface area contributed by atoms with Crippen LogP contribution in [0.1, 0.15) is 79.6 Å². The van der Waals surface area contributed by atoms with Gasteiger partial charge in [0.15, 0.2) is 0 Å². The number of rotatable bonds is 4. The molecule has 4 saturated carbocycles. The molecule has 0 bridgehead atoms. The molecule has 232 valence electrons. The number of fused-ring (bicyclic) bond motifs is 7. The van der Waals surface area contributed by atoms with Gasteiger partial charge in [0, 0.05) is 26.4 Å². The highest BCUT2D eigenvalue weighted by atomic mass is 32.1. The van der Waals surface area contributed by atoms with Gasteiger partial charge in [-0.05, 0) is 75.0 Å². The predicted octanol–water partition coefficient (Wildman–Crippen LogP) is 3.48. The fraction of sp³-hybridized carbons (Fsp3) is 0.844. The molecule has 0 aromatic rings. The van der Waals surface area contributed by atoms with Crippen LogP contribution in [-0.4, -0.2) is 78.6 Å². The molecule has 5 aliphatic carbocycles. The summed E-state index contributed by atoms with van der Waals surface area (Å²) in [7, 11) is 0. The number of hydrogen-bond donors (Lipinski definition) is 7. The van der Waals surface area contributed by atoms with Crippen molar-refractivity contribution in [1.29, 1.82) is 0 Å². The Kier molecular flexibility index (Phi) is 7.96. The highest BCUT2D eigenvalue weighted by Crippen LogP contribution is 2.73. The number of carbonyl (C=O) groups is 1. The largest absolute Gasteiger partial charge is 0.462 e. The Balaban J connectivity index is 1.56. The number of aliphatic hydroxyl groups is 5. The van der Waals surface area contributed by atoms with Crippen LogP contribution in [0.15, 0.2) is 23.8 Å². The number of ether oxygens (including phenoxy) is 1. The molecule has 7 nitrogen and oxygen atoms in total. The number of hydrogen-bond acceptors (Lipinski definition) is 9. The van der Waals surface area contributed by atoms with E-state index in [2.05, 4.69) is 13.0 Å². The van der Waals surface area contributed by atoms with Gasteiger partial charge in [-0.3, -0.25) is 0 Å². The van der Waals surface area contributed by atoms with Gasteiger partial charge in [-0.1, -0.05) is 45.4 Å². The maximum absolute atomic E-state index is 12.2. The van der Waals surface area contributed by atoms with Crippen molar-refractivity contribution in [3.05, 3.63) is 23.8 Å². The number of carbonyl (C=O) groups excluding carboxylic acids is 1. The second-order valence-electron chi connectivity index (χ2n) is 15.1. The molecule has 4 fully saturated rings. The van der Waals surface area contributed by atoms with Crippen molar-refractivity contribution in [3.63, 3.8) is 0 Å². The minimum Gasteiger partial charge on any atom is -0.462 e. The summed E-state index contributed by atoms with van der Waals surface area (Å²) in [5, 5.41) is 56.2. The zero-order chi connectivity index (χ0) is 30.4. The molecule has 0 aromatic carbocycles. The Bertz CT molecular complexity index is 1130. The van der Waals surface area contributed by atoms with E-state index in [1.807, 2.05) is 20.8 Å². The first-order valence-electron chi connectivity index (χ1n) is 15.3. The van der Waals surface area contributed by atoms with Gasteiger partial charge in [-0.2, -0.15) is 25.3 Å². The molecular weight excluding hydrogens is 560 g/mol. The molecule has 0 saturated heterocycles. The van der Waals surface area contributed by atoms with Crippen LogP contribution in [0.25, 0.3) is 0 Å². The number of esters is 1. The molecular formula is C32H50O7S2. The highest BCUT2D eigenvalue weighted by Gasteiger charge is 2.73. The molecule has 5 rings (SSSR count). The molecule has 3 unspecified atom stereocenters. The molecule has 41 heavy (non-hydrogen) atoms. The van der Waals surface area contributed by atoms with Gasteiger partial charge in [0.25, 0.3) is 0 Å². The molecule has 0 spiro atoms. The SMILES string of the molecule is C/C=C/C(=O)OC[C@]1(C)C2CC[C@]3(S)C(CC=C4C5CC(C)(C)[C@@H](O)[C@H](O)[C@]5(CO)[C@H](O)C[C@]43C)[C@@]2(S)CC[C@@H]1O. The zero-order valence-electron chi connectivity index (χ0n) is 25.1. The van der Waals surface area contributed by atoms with E-state index in [0.717, 1.165) is 18.4 Å². The Morgan fingerprint density at radius 1 is 1.00 bits per heavy atom. The van der Waals surface area contributed by atoms with E-state index in [1.165, 1.54) is 6.08 Å². The quantitative estimate of drug-likeness (QED) is 0.112. The van der Waals surface area contributed by atoms with Gasteiger partial charge in [0.05, 0.1) is 43.0 Å². The minimum absolute atomic E-state index is 0.0139. The minimum atomic E-state index is -1.26. The van der Waals surface area contributed by atoms with Gasteiger partial charge in [-0.15, -0.1) is 0 Å². The summed E-state index contributed by atoms with van der Waals surface area (Å²) in [5.74, 6) is -0.717. The molecule has 0 heterocycles. The van der Waals surface area contributed by atoms with Crippen molar-refractivity contribution in [1.82, 2.24) is 0 Å². The zero-order valence-corrected chi connectivity index (χ0v) is 26.9. The van der Waals surface area contributed by atoms with E-state index < -0.39 is 68.1 Å². The standard InChI is InChI=1S/C32H50O7S2/c1-6-7-24(36)39-17-28(4)20-10-13-32(41)21(31(20,40)12-11-22(28)34)9-8-18-19-14-27(2,3)25(37)26(38)30(19,16-33)23(35)15-29(18,32)5/h6-8,19-23,25-26,33-35,37-38,40-41H,9-17H2,1-5H3/b7-6+/t19?,20?,21?,22-,23+,25-,26-,28+,29+,30-,31+,32-/m0/s1. The average Bonchev–Trinajstić information content (AvgIpc) is 2.89. The van der Waals surface area contributed by atoms with Gasteiger partial charge in [0.1, 0.15) is 0 Å². The van der Waals surface area contributed by atoms with E-state index in [0.29, 0.717) is 32.1 Å². The van der Waals surface area contributed by atoms with Crippen molar-refractivity contribution < 1.29 is 35.1 Å². The van der Waals surface area contributed by atoms with Crippen LogP contribution in [0.4, 0.5) is 0 Å². The Labute approximate surface area is 255 Å². The molecule has 0 amide bonds. The van der Waals surface area contributed by atoms with E-state index in [4.69, 9.17) is 30.0 Å². The number of aliphatic hydroxyl groups excluding tert-OH is 5. The summed E-state index contributed by atoms with van der Waals surface area (Å²) in [6.45, 7) is 9.54. The second kappa shape index (κ2) is 10.2. The van der Waals surface area contributed by atoms with Crippen molar-refractivity contribution in [2.75, 3.05) is 13.2 Å². The predicted molar refractivity (Wildman–Crippen MR) is 164 cm³/mol. The lowest BCUT2D eigenvalue weighted by Crippen LogP contribution is -2.73. The molecule has 0 aliphatic heterocycles. The van der Waals surface area contributed by atoms with Crippen LogP contribution >= 0.6 is 25.3 Å². The van der Waals surface area contributed by atoms with Gasteiger partial charge in [0.2, 0.25) is 0 Å².